The Bertz CT molecular complexity index is 799. The highest BCUT2D eigenvalue weighted by molar-refractivity contribution is 7.08. The SMILES string of the molecule is Cc1ccc(NC(=O)Cc2nnc(-c3ccsc3)o2)cc1F. The van der Waals surface area contributed by atoms with Crippen LogP contribution in [-0.2, 0) is 11.2 Å². The number of halogens is 1. The van der Waals surface area contributed by atoms with Crippen molar-refractivity contribution in [2.75, 3.05) is 5.32 Å². The minimum Gasteiger partial charge on any atom is -0.420 e. The normalized spacial score (nSPS) is 10.6. The Labute approximate surface area is 129 Å². The van der Waals surface area contributed by atoms with Crippen LogP contribution in [0.4, 0.5) is 10.1 Å². The average molecular weight is 317 g/mol. The Hall–Kier alpha value is -2.54. The van der Waals surface area contributed by atoms with E-state index >= 15 is 0 Å². The van der Waals surface area contributed by atoms with E-state index in [1.54, 1.807) is 19.1 Å². The second-order valence-electron chi connectivity index (χ2n) is 4.70. The van der Waals surface area contributed by atoms with Crippen molar-refractivity contribution in [2.45, 2.75) is 13.3 Å². The van der Waals surface area contributed by atoms with Crippen molar-refractivity contribution >= 4 is 22.9 Å². The molecule has 5 nitrogen and oxygen atoms in total. The summed E-state index contributed by atoms with van der Waals surface area (Å²) in [6.07, 6.45) is -0.0629. The van der Waals surface area contributed by atoms with E-state index in [1.807, 2.05) is 16.8 Å². The number of amides is 1. The second-order valence-corrected chi connectivity index (χ2v) is 5.48. The number of carbonyl (C=O) groups is 1. The van der Waals surface area contributed by atoms with E-state index in [9.17, 15) is 9.18 Å². The van der Waals surface area contributed by atoms with Crippen LogP contribution in [-0.4, -0.2) is 16.1 Å². The molecule has 0 aliphatic heterocycles. The highest BCUT2D eigenvalue weighted by atomic mass is 32.1. The monoisotopic (exact) mass is 317 g/mol. The van der Waals surface area contributed by atoms with E-state index in [2.05, 4.69) is 15.5 Å². The summed E-state index contributed by atoms with van der Waals surface area (Å²) in [5.41, 5.74) is 1.74. The molecule has 3 aromatic rings. The second kappa shape index (κ2) is 6.07. The highest BCUT2D eigenvalue weighted by Gasteiger charge is 2.13. The number of aromatic nitrogens is 2. The number of nitrogens with zero attached hydrogens (tertiary/aromatic N) is 2. The fourth-order valence-electron chi connectivity index (χ4n) is 1.84. The molecule has 0 unspecified atom stereocenters. The molecule has 0 saturated carbocycles. The summed E-state index contributed by atoms with van der Waals surface area (Å²) < 4.78 is 18.9. The minimum atomic E-state index is -0.365. The van der Waals surface area contributed by atoms with Crippen LogP contribution in [0.5, 0.6) is 0 Å². The van der Waals surface area contributed by atoms with E-state index < -0.39 is 0 Å². The van der Waals surface area contributed by atoms with Crippen LogP contribution < -0.4 is 5.32 Å². The summed E-state index contributed by atoms with van der Waals surface area (Å²) in [6, 6.07) is 6.38. The largest absolute Gasteiger partial charge is 0.420 e. The lowest BCUT2D eigenvalue weighted by atomic mass is 10.2. The van der Waals surface area contributed by atoms with Gasteiger partial charge in [-0.1, -0.05) is 6.07 Å². The van der Waals surface area contributed by atoms with Crippen LogP contribution in [0.2, 0.25) is 0 Å². The highest BCUT2D eigenvalue weighted by Crippen LogP contribution is 2.20. The van der Waals surface area contributed by atoms with Gasteiger partial charge in [-0.3, -0.25) is 4.79 Å². The Morgan fingerprint density at radius 3 is 2.95 bits per heavy atom. The van der Waals surface area contributed by atoms with Crippen LogP contribution in [0.15, 0.2) is 39.4 Å². The zero-order valence-corrected chi connectivity index (χ0v) is 12.5. The summed E-state index contributed by atoms with van der Waals surface area (Å²) in [5.74, 6) is -0.115. The lowest BCUT2D eigenvalue weighted by Gasteiger charge is -2.04. The van der Waals surface area contributed by atoms with Crippen LogP contribution in [0, 0.1) is 12.7 Å². The van der Waals surface area contributed by atoms with Gasteiger partial charge in [0.2, 0.25) is 17.7 Å². The molecule has 3 rings (SSSR count). The molecule has 0 bridgehead atoms. The van der Waals surface area contributed by atoms with E-state index in [1.165, 1.54) is 17.4 Å². The van der Waals surface area contributed by atoms with E-state index in [0.29, 0.717) is 17.1 Å². The maximum Gasteiger partial charge on any atom is 0.248 e. The molecule has 1 amide bonds. The third-order valence-corrected chi connectivity index (χ3v) is 3.69. The quantitative estimate of drug-likeness (QED) is 0.800. The fraction of sp³-hybridized carbons (Fsp3) is 0.133. The van der Waals surface area contributed by atoms with Gasteiger partial charge in [0.05, 0.1) is 0 Å². The summed E-state index contributed by atoms with van der Waals surface area (Å²) in [5, 5.41) is 14.1. The van der Waals surface area contributed by atoms with Gasteiger partial charge in [-0.15, -0.1) is 10.2 Å². The maximum absolute atomic E-state index is 13.4. The Kier molecular flexibility index (Phi) is 3.97. The maximum atomic E-state index is 13.4. The Morgan fingerprint density at radius 2 is 2.23 bits per heavy atom. The number of rotatable bonds is 4. The van der Waals surface area contributed by atoms with E-state index in [0.717, 1.165) is 5.56 Å². The minimum absolute atomic E-state index is 0.0629. The summed E-state index contributed by atoms with van der Waals surface area (Å²) in [6.45, 7) is 1.66. The predicted octanol–water partition coefficient (Wildman–Crippen LogP) is 3.43. The molecule has 1 aromatic carbocycles. The number of nitrogens with one attached hydrogen (secondary N) is 1. The van der Waals surface area contributed by atoms with Crippen molar-refractivity contribution in [1.29, 1.82) is 0 Å². The molecule has 2 aromatic heterocycles. The zero-order chi connectivity index (χ0) is 15.5. The van der Waals surface area contributed by atoms with Crippen molar-refractivity contribution in [2.24, 2.45) is 0 Å². The molecule has 0 spiro atoms. The molecule has 2 heterocycles. The van der Waals surface area contributed by atoms with E-state index in [-0.39, 0.29) is 24.0 Å². The third-order valence-electron chi connectivity index (χ3n) is 3.00. The standard InChI is InChI=1S/C15H12FN3O2S/c1-9-2-3-11(6-12(9)16)17-13(20)7-14-18-19-15(21-14)10-4-5-22-8-10/h2-6,8H,7H2,1H3,(H,17,20). The molecule has 0 saturated heterocycles. The van der Waals surface area contributed by atoms with E-state index in [4.69, 9.17) is 4.42 Å². The number of anilines is 1. The van der Waals surface area contributed by atoms with Crippen LogP contribution in [0.25, 0.3) is 11.5 Å². The summed E-state index contributed by atoms with van der Waals surface area (Å²) in [4.78, 5) is 11.9. The van der Waals surface area contributed by atoms with Gasteiger partial charge in [0.1, 0.15) is 12.2 Å². The van der Waals surface area contributed by atoms with Crippen LogP contribution >= 0.6 is 11.3 Å². The Balaban J connectivity index is 1.65. The van der Waals surface area contributed by atoms with Gasteiger partial charge in [0, 0.05) is 16.6 Å². The number of hydrogen-bond acceptors (Lipinski definition) is 5. The van der Waals surface area contributed by atoms with Gasteiger partial charge in [0.25, 0.3) is 0 Å². The Morgan fingerprint density at radius 1 is 1.36 bits per heavy atom. The van der Waals surface area contributed by atoms with Crippen molar-refractivity contribution in [3.05, 3.63) is 52.3 Å². The molecule has 22 heavy (non-hydrogen) atoms. The van der Waals surface area contributed by atoms with Gasteiger partial charge in [-0.05, 0) is 36.1 Å². The number of hydrogen-bond donors (Lipinski definition) is 1. The fourth-order valence-corrected chi connectivity index (χ4v) is 2.47. The molecular weight excluding hydrogens is 305 g/mol. The first kappa shape index (κ1) is 14.4. The van der Waals surface area contributed by atoms with Crippen molar-refractivity contribution in [3.8, 4) is 11.5 Å². The third kappa shape index (κ3) is 3.20. The van der Waals surface area contributed by atoms with Crippen LogP contribution in [0.1, 0.15) is 11.5 Å². The first-order valence-corrected chi connectivity index (χ1v) is 7.47. The van der Waals surface area contributed by atoms with Gasteiger partial charge < -0.3 is 9.73 Å². The number of thiophene rings is 1. The topological polar surface area (TPSA) is 68.0 Å². The molecule has 7 heteroatoms. The number of aryl methyl sites for hydroxylation is 1. The number of benzene rings is 1. The predicted molar refractivity (Wildman–Crippen MR) is 81.1 cm³/mol. The molecule has 1 N–H and O–H groups in total. The molecule has 0 radical (unpaired) electrons. The zero-order valence-electron chi connectivity index (χ0n) is 11.7. The molecular formula is C15H12FN3O2S. The van der Waals surface area contributed by atoms with Gasteiger partial charge >= 0.3 is 0 Å². The lowest BCUT2D eigenvalue weighted by Crippen LogP contribution is -2.14. The molecule has 0 aliphatic rings. The number of carbonyl (C=O) groups excluding carboxylic acids is 1. The lowest BCUT2D eigenvalue weighted by molar-refractivity contribution is -0.115. The first-order chi connectivity index (χ1) is 10.6. The van der Waals surface area contributed by atoms with Gasteiger partial charge in [-0.25, -0.2) is 4.39 Å². The van der Waals surface area contributed by atoms with Gasteiger partial charge in [-0.2, -0.15) is 11.3 Å². The molecule has 112 valence electrons. The smallest absolute Gasteiger partial charge is 0.248 e. The summed E-state index contributed by atoms with van der Waals surface area (Å²) >= 11 is 1.52. The summed E-state index contributed by atoms with van der Waals surface area (Å²) in [7, 11) is 0. The van der Waals surface area contributed by atoms with Crippen molar-refractivity contribution < 1.29 is 13.6 Å². The average Bonchev–Trinajstić information content (AvgIpc) is 3.13. The van der Waals surface area contributed by atoms with Gasteiger partial charge in [0.15, 0.2) is 0 Å². The van der Waals surface area contributed by atoms with Crippen molar-refractivity contribution in [1.82, 2.24) is 10.2 Å². The molecule has 0 atom stereocenters. The molecule has 0 aliphatic carbocycles. The van der Waals surface area contributed by atoms with Crippen LogP contribution in [0.3, 0.4) is 0 Å². The first-order valence-electron chi connectivity index (χ1n) is 6.53. The molecule has 0 fully saturated rings. The van der Waals surface area contributed by atoms with Crippen molar-refractivity contribution in [3.63, 3.8) is 0 Å².